The van der Waals surface area contributed by atoms with Crippen LogP contribution in [0, 0.1) is 34.5 Å². The first kappa shape index (κ1) is 16.0. The Morgan fingerprint density at radius 2 is 1.65 bits per heavy atom. The number of hydrogen-bond donors (Lipinski definition) is 3. The lowest BCUT2D eigenvalue weighted by Gasteiger charge is -2.62. The second kappa shape index (κ2) is 5.03. The molecule has 4 heteroatoms. The molecule has 0 saturated heterocycles. The zero-order chi connectivity index (χ0) is 16.6. The second-order valence-corrected chi connectivity index (χ2v) is 9.23. The normalized spacial score (nSPS) is 59.2. The topological polar surface area (TPSA) is 77.8 Å². The van der Waals surface area contributed by atoms with Crippen LogP contribution in [0.5, 0.6) is 0 Å². The SMILES string of the molecule is CC12CC[C@H](O)C[C@@H]1[C@@H](O)[C@H](O)[C@@H]1[C@@H]2CC[C@]2(C)C(=O)CC[C@@H]12. The van der Waals surface area contributed by atoms with E-state index in [1.54, 1.807) is 0 Å². The van der Waals surface area contributed by atoms with Gasteiger partial charge in [-0.3, -0.25) is 4.79 Å². The van der Waals surface area contributed by atoms with Gasteiger partial charge in [0.1, 0.15) is 5.78 Å². The summed E-state index contributed by atoms with van der Waals surface area (Å²) in [7, 11) is 0. The van der Waals surface area contributed by atoms with Crippen molar-refractivity contribution < 1.29 is 20.1 Å². The van der Waals surface area contributed by atoms with Gasteiger partial charge in [-0.2, -0.15) is 0 Å². The summed E-state index contributed by atoms with van der Waals surface area (Å²) in [6, 6.07) is 0. The predicted molar refractivity (Wildman–Crippen MR) is 85.5 cm³/mol. The van der Waals surface area contributed by atoms with Gasteiger partial charge in [0.2, 0.25) is 0 Å². The molecule has 130 valence electrons. The number of carbonyl (C=O) groups is 1. The first-order chi connectivity index (χ1) is 10.8. The molecule has 0 aromatic rings. The van der Waals surface area contributed by atoms with Gasteiger partial charge in [0, 0.05) is 11.8 Å². The van der Waals surface area contributed by atoms with Gasteiger partial charge in [-0.25, -0.2) is 0 Å². The molecule has 4 aliphatic carbocycles. The largest absolute Gasteiger partial charge is 0.393 e. The first-order valence-corrected chi connectivity index (χ1v) is 9.36. The molecule has 0 radical (unpaired) electrons. The van der Waals surface area contributed by atoms with E-state index < -0.39 is 12.2 Å². The molecule has 0 heterocycles. The van der Waals surface area contributed by atoms with E-state index in [0.717, 1.165) is 32.1 Å². The smallest absolute Gasteiger partial charge is 0.139 e. The van der Waals surface area contributed by atoms with Crippen molar-refractivity contribution in [1.82, 2.24) is 0 Å². The van der Waals surface area contributed by atoms with Crippen LogP contribution in [0.3, 0.4) is 0 Å². The maximum Gasteiger partial charge on any atom is 0.139 e. The number of aliphatic hydroxyl groups is 3. The van der Waals surface area contributed by atoms with Gasteiger partial charge in [-0.05, 0) is 67.6 Å². The van der Waals surface area contributed by atoms with Crippen molar-refractivity contribution in [2.24, 2.45) is 34.5 Å². The average molecular weight is 322 g/mol. The Kier molecular flexibility index (Phi) is 3.51. The molecule has 0 aromatic heterocycles. The Labute approximate surface area is 138 Å². The summed E-state index contributed by atoms with van der Waals surface area (Å²) < 4.78 is 0. The molecule has 4 nitrogen and oxygen atoms in total. The van der Waals surface area contributed by atoms with Gasteiger partial charge in [0.05, 0.1) is 18.3 Å². The zero-order valence-electron chi connectivity index (χ0n) is 14.2. The van der Waals surface area contributed by atoms with Gasteiger partial charge < -0.3 is 15.3 Å². The highest BCUT2D eigenvalue weighted by molar-refractivity contribution is 5.87. The standard InChI is InChI=1S/C19H30O4/c1-18-7-5-10(20)9-13(18)16(22)17(23)15-11-3-4-14(21)19(11,2)8-6-12(15)18/h10-13,15-17,20,22-23H,3-9H2,1-2H3/t10-,11-,12-,13+,15-,16+,17+,18?,19-/m0/s1. The van der Waals surface area contributed by atoms with E-state index in [0.29, 0.717) is 24.5 Å². The monoisotopic (exact) mass is 322 g/mol. The lowest BCUT2D eigenvalue weighted by atomic mass is 9.44. The van der Waals surface area contributed by atoms with Gasteiger partial charge in [0.15, 0.2) is 0 Å². The van der Waals surface area contributed by atoms with Crippen LogP contribution >= 0.6 is 0 Å². The van der Waals surface area contributed by atoms with E-state index in [2.05, 4.69) is 13.8 Å². The zero-order valence-corrected chi connectivity index (χ0v) is 14.2. The van der Waals surface area contributed by atoms with Crippen LogP contribution in [0.15, 0.2) is 0 Å². The number of fused-ring (bicyclic) bond motifs is 5. The molecule has 23 heavy (non-hydrogen) atoms. The molecule has 4 aliphatic rings. The van der Waals surface area contributed by atoms with E-state index in [9.17, 15) is 20.1 Å². The first-order valence-electron chi connectivity index (χ1n) is 9.36. The van der Waals surface area contributed by atoms with E-state index >= 15 is 0 Å². The molecule has 0 aromatic carbocycles. The minimum absolute atomic E-state index is 0.0183. The summed E-state index contributed by atoms with van der Waals surface area (Å²) in [5.41, 5.74) is -0.311. The van der Waals surface area contributed by atoms with Gasteiger partial charge in [0.25, 0.3) is 0 Å². The molecule has 9 atom stereocenters. The van der Waals surface area contributed by atoms with E-state index in [-0.39, 0.29) is 34.7 Å². The summed E-state index contributed by atoms with van der Waals surface area (Å²) in [6.07, 6.45) is 3.82. The second-order valence-electron chi connectivity index (χ2n) is 9.23. The van der Waals surface area contributed by atoms with E-state index in [4.69, 9.17) is 0 Å². The van der Waals surface area contributed by atoms with Crippen molar-refractivity contribution in [2.75, 3.05) is 0 Å². The minimum Gasteiger partial charge on any atom is -0.393 e. The lowest BCUT2D eigenvalue weighted by Crippen LogP contribution is -2.64. The number of rotatable bonds is 0. The fourth-order valence-corrected chi connectivity index (χ4v) is 7.01. The third kappa shape index (κ3) is 1.98. The predicted octanol–water partition coefficient (Wildman–Crippen LogP) is 1.90. The highest BCUT2D eigenvalue weighted by atomic mass is 16.3. The molecule has 0 spiro atoms. The molecule has 4 saturated carbocycles. The van der Waals surface area contributed by atoms with Gasteiger partial charge >= 0.3 is 0 Å². The maximum atomic E-state index is 12.4. The molecule has 0 amide bonds. The molecule has 0 bridgehead atoms. The third-order valence-corrected chi connectivity index (χ3v) is 8.43. The van der Waals surface area contributed by atoms with Crippen LogP contribution in [0.1, 0.15) is 58.8 Å². The van der Waals surface area contributed by atoms with Crippen molar-refractivity contribution in [2.45, 2.75) is 77.1 Å². The molecule has 4 fully saturated rings. The van der Waals surface area contributed by atoms with Crippen LogP contribution < -0.4 is 0 Å². The summed E-state index contributed by atoms with van der Waals surface area (Å²) in [5, 5.41) is 31.8. The fourth-order valence-electron chi connectivity index (χ4n) is 7.01. The van der Waals surface area contributed by atoms with Crippen molar-refractivity contribution in [1.29, 1.82) is 0 Å². The molecular formula is C19H30O4. The van der Waals surface area contributed by atoms with Gasteiger partial charge in [-0.1, -0.05) is 13.8 Å². The Balaban J connectivity index is 1.73. The minimum atomic E-state index is -0.769. The quantitative estimate of drug-likeness (QED) is 0.636. The van der Waals surface area contributed by atoms with Crippen LogP contribution in [0.2, 0.25) is 0 Å². The Morgan fingerprint density at radius 1 is 0.913 bits per heavy atom. The van der Waals surface area contributed by atoms with Crippen LogP contribution in [-0.2, 0) is 4.79 Å². The van der Waals surface area contributed by atoms with Crippen molar-refractivity contribution >= 4 is 5.78 Å². The maximum absolute atomic E-state index is 12.4. The van der Waals surface area contributed by atoms with Crippen molar-refractivity contribution in [3.63, 3.8) is 0 Å². The Hall–Kier alpha value is -0.450. The number of carbonyl (C=O) groups excluding carboxylic acids is 1. The lowest BCUT2D eigenvalue weighted by molar-refractivity contribution is -0.219. The fraction of sp³-hybridized carbons (Fsp3) is 0.947. The molecule has 1 unspecified atom stereocenters. The number of Topliss-reactive ketones (excluding diaryl/α,β-unsaturated/α-hetero) is 1. The Morgan fingerprint density at radius 3 is 2.39 bits per heavy atom. The van der Waals surface area contributed by atoms with E-state index in [1.807, 2.05) is 0 Å². The summed E-state index contributed by atoms with van der Waals surface area (Å²) >= 11 is 0. The van der Waals surface area contributed by atoms with E-state index in [1.165, 1.54) is 0 Å². The number of hydrogen-bond acceptors (Lipinski definition) is 4. The van der Waals surface area contributed by atoms with Crippen LogP contribution in [-0.4, -0.2) is 39.4 Å². The highest BCUT2D eigenvalue weighted by Crippen LogP contribution is 2.65. The summed E-state index contributed by atoms with van der Waals surface area (Å²) in [4.78, 5) is 12.4. The van der Waals surface area contributed by atoms with Crippen molar-refractivity contribution in [3.05, 3.63) is 0 Å². The van der Waals surface area contributed by atoms with Crippen LogP contribution in [0.4, 0.5) is 0 Å². The molecule has 4 rings (SSSR count). The molecule has 3 N–H and O–H groups in total. The average Bonchev–Trinajstić information content (AvgIpc) is 2.82. The molecule has 0 aliphatic heterocycles. The third-order valence-electron chi connectivity index (χ3n) is 8.43. The Bertz CT molecular complexity index is 519. The van der Waals surface area contributed by atoms with Gasteiger partial charge in [-0.15, -0.1) is 0 Å². The number of aliphatic hydroxyl groups excluding tert-OH is 3. The highest BCUT2D eigenvalue weighted by Gasteiger charge is 2.64. The summed E-state index contributed by atoms with van der Waals surface area (Å²) in [6.45, 7) is 4.34. The summed E-state index contributed by atoms with van der Waals surface area (Å²) in [5.74, 6) is 0.940. The number of ketones is 1. The van der Waals surface area contributed by atoms with Crippen molar-refractivity contribution in [3.8, 4) is 0 Å². The molecular weight excluding hydrogens is 292 g/mol. The van der Waals surface area contributed by atoms with Crippen LogP contribution in [0.25, 0.3) is 0 Å².